The first-order chi connectivity index (χ1) is 12.1. The van der Waals surface area contributed by atoms with Crippen molar-refractivity contribution in [3.63, 3.8) is 0 Å². The van der Waals surface area contributed by atoms with Crippen LogP contribution in [0.15, 0.2) is 66.7 Å². The molecule has 0 aliphatic heterocycles. The van der Waals surface area contributed by atoms with E-state index in [0.29, 0.717) is 6.42 Å². The first kappa shape index (κ1) is 19.1. The van der Waals surface area contributed by atoms with Crippen molar-refractivity contribution < 1.29 is 9.53 Å². The second kappa shape index (κ2) is 6.80. The van der Waals surface area contributed by atoms with Gasteiger partial charge in [-0.15, -0.1) is 0 Å². The SMILES string of the molecule is CC(C)(C)[Si](C)(C)O[C@@H]1C=C(c2ccccc2)[C@@](O)(c2ccccc2)C1. The molecule has 0 heterocycles. The van der Waals surface area contributed by atoms with E-state index in [2.05, 4.69) is 52.1 Å². The summed E-state index contributed by atoms with van der Waals surface area (Å²) in [5.41, 5.74) is 1.92. The Kier molecular flexibility index (Phi) is 4.99. The summed E-state index contributed by atoms with van der Waals surface area (Å²) in [5, 5.41) is 11.9. The first-order valence-corrected chi connectivity index (χ1v) is 12.3. The van der Waals surface area contributed by atoms with Crippen LogP contribution < -0.4 is 0 Å². The van der Waals surface area contributed by atoms with Crippen LogP contribution in [-0.4, -0.2) is 19.5 Å². The van der Waals surface area contributed by atoms with Crippen LogP contribution in [0, 0.1) is 0 Å². The average Bonchev–Trinajstić information content (AvgIpc) is 2.92. The van der Waals surface area contributed by atoms with Crippen molar-refractivity contribution in [3.8, 4) is 0 Å². The van der Waals surface area contributed by atoms with Crippen molar-refractivity contribution in [3.05, 3.63) is 77.9 Å². The van der Waals surface area contributed by atoms with E-state index >= 15 is 0 Å². The van der Waals surface area contributed by atoms with Gasteiger partial charge >= 0.3 is 0 Å². The smallest absolute Gasteiger partial charge is 0.192 e. The minimum Gasteiger partial charge on any atom is -0.410 e. The van der Waals surface area contributed by atoms with Crippen molar-refractivity contribution >= 4 is 13.9 Å². The van der Waals surface area contributed by atoms with Crippen molar-refractivity contribution in [2.45, 2.75) is 57.0 Å². The molecule has 0 saturated heterocycles. The molecule has 1 aliphatic carbocycles. The molecule has 0 saturated carbocycles. The largest absolute Gasteiger partial charge is 0.410 e. The lowest BCUT2D eigenvalue weighted by Gasteiger charge is -2.38. The van der Waals surface area contributed by atoms with Gasteiger partial charge in [0.25, 0.3) is 0 Å². The maximum absolute atomic E-state index is 11.7. The van der Waals surface area contributed by atoms with Crippen LogP contribution in [0.2, 0.25) is 18.1 Å². The van der Waals surface area contributed by atoms with Gasteiger partial charge in [-0.2, -0.15) is 0 Å². The van der Waals surface area contributed by atoms with Gasteiger partial charge in [-0.05, 0) is 40.9 Å². The van der Waals surface area contributed by atoms with Crippen LogP contribution in [0.4, 0.5) is 0 Å². The van der Waals surface area contributed by atoms with Crippen LogP contribution in [-0.2, 0) is 10.0 Å². The quantitative estimate of drug-likeness (QED) is 0.698. The van der Waals surface area contributed by atoms with E-state index in [4.69, 9.17) is 4.43 Å². The fraction of sp³-hybridized carbons (Fsp3) is 0.391. The molecule has 2 atom stereocenters. The Morgan fingerprint density at radius 3 is 2.04 bits per heavy atom. The number of aliphatic hydroxyl groups is 1. The maximum atomic E-state index is 11.7. The van der Waals surface area contributed by atoms with E-state index in [1.807, 2.05) is 48.5 Å². The number of hydrogen-bond acceptors (Lipinski definition) is 2. The number of benzene rings is 2. The van der Waals surface area contributed by atoms with E-state index in [1.165, 1.54) is 0 Å². The van der Waals surface area contributed by atoms with Crippen LogP contribution in [0.5, 0.6) is 0 Å². The third kappa shape index (κ3) is 3.57. The Balaban J connectivity index is 2.00. The number of hydrogen-bond donors (Lipinski definition) is 1. The molecule has 2 aromatic rings. The van der Waals surface area contributed by atoms with Gasteiger partial charge in [-0.1, -0.05) is 81.4 Å². The Labute approximate surface area is 158 Å². The number of rotatable bonds is 4. The van der Waals surface area contributed by atoms with Gasteiger partial charge in [0.15, 0.2) is 8.32 Å². The van der Waals surface area contributed by atoms with E-state index in [-0.39, 0.29) is 11.1 Å². The van der Waals surface area contributed by atoms with Crippen LogP contribution in [0.1, 0.15) is 38.3 Å². The molecular weight excluding hydrogens is 336 g/mol. The van der Waals surface area contributed by atoms with Gasteiger partial charge in [0.1, 0.15) is 5.60 Å². The summed E-state index contributed by atoms with van der Waals surface area (Å²) in [6.45, 7) is 11.3. The Morgan fingerprint density at radius 2 is 1.50 bits per heavy atom. The average molecular weight is 367 g/mol. The third-order valence-electron chi connectivity index (χ3n) is 5.88. The standard InChI is InChI=1S/C23H30O2Si/c1-22(2,3)26(4,5)25-20-16-21(18-12-8-6-9-13-18)23(24,17-20)19-14-10-7-11-15-19/h6-16,20,24H,17H2,1-5H3/t20-,23+/m1/s1. The molecular formula is C23H30O2Si. The predicted octanol–water partition coefficient (Wildman–Crippen LogP) is 5.75. The molecule has 0 bridgehead atoms. The van der Waals surface area contributed by atoms with Crippen molar-refractivity contribution in [1.29, 1.82) is 0 Å². The van der Waals surface area contributed by atoms with Crippen LogP contribution >= 0.6 is 0 Å². The van der Waals surface area contributed by atoms with Gasteiger partial charge in [0.2, 0.25) is 0 Å². The summed E-state index contributed by atoms with van der Waals surface area (Å²) in [6.07, 6.45) is 2.63. The molecule has 3 rings (SSSR count). The van der Waals surface area contributed by atoms with E-state index < -0.39 is 13.9 Å². The highest BCUT2D eigenvalue weighted by Crippen LogP contribution is 2.48. The lowest BCUT2D eigenvalue weighted by Crippen LogP contribution is -2.43. The molecule has 2 aromatic carbocycles. The van der Waals surface area contributed by atoms with Gasteiger partial charge < -0.3 is 9.53 Å². The zero-order valence-electron chi connectivity index (χ0n) is 16.5. The molecule has 138 valence electrons. The van der Waals surface area contributed by atoms with Crippen molar-refractivity contribution in [2.24, 2.45) is 0 Å². The molecule has 26 heavy (non-hydrogen) atoms. The summed E-state index contributed by atoms with van der Waals surface area (Å²) in [5.74, 6) is 0. The molecule has 0 radical (unpaired) electrons. The Hall–Kier alpha value is -1.68. The Morgan fingerprint density at radius 1 is 0.962 bits per heavy atom. The predicted molar refractivity (Wildman–Crippen MR) is 111 cm³/mol. The fourth-order valence-electron chi connectivity index (χ4n) is 3.35. The molecule has 0 unspecified atom stereocenters. The van der Waals surface area contributed by atoms with Crippen LogP contribution in [0.3, 0.4) is 0 Å². The second-order valence-corrected chi connectivity index (χ2v) is 13.5. The molecule has 3 heteroatoms. The monoisotopic (exact) mass is 366 g/mol. The van der Waals surface area contributed by atoms with Gasteiger partial charge in [0, 0.05) is 6.42 Å². The Bertz CT molecular complexity index is 775. The highest BCUT2D eigenvalue weighted by Gasteiger charge is 2.46. The molecule has 0 spiro atoms. The molecule has 0 amide bonds. The van der Waals surface area contributed by atoms with E-state index in [0.717, 1.165) is 16.7 Å². The van der Waals surface area contributed by atoms with E-state index in [1.54, 1.807) is 0 Å². The van der Waals surface area contributed by atoms with Gasteiger partial charge in [-0.3, -0.25) is 0 Å². The highest BCUT2D eigenvalue weighted by molar-refractivity contribution is 6.74. The maximum Gasteiger partial charge on any atom is 0.192 e. The molecule has 1 aliphatic rings. The minimum absolute atomic E-state index is 0.0729. The summed E-state index contributed by atoms with van der Waals surface area (Å²) in [4.78, 5) is 0. The lowest BCUT2D eigenvalue weighted by atomic mass is 9.84. The normalized spacial score (nSPS) is 23.8. The lowest BCUT2D eigenvalue weighted by molar-refractivity contribution is 0.0657. The molecule has 0 fully saturated rings. The van der Waals surface area contributed by atoms with Gasteiger partial charge in [0.05, 0.1) is 6.10 Å². The molecule has 0 aromatic heterocycles. The third-order valence-corrected chi connectivity index (χ3v) is 10.4. The zero-order chi connectivity index (χ0) is 19.0. The topological polar surface area (TPSA) is 29.5 Å². The van der Waals surface area contributed by atoms with E-state index in [9.17, 15) is 5.11 Å². The zero-order valence-corrected chi connectivity index (χ0v) is 17.5. The summed E-state index contributed by atoms with van der Waals surface area (Å²) in [7, 11) is -1.92. The molecule has 2 nitrogen and oxygen atoms in total. The van der Waals surface area contributed by atoms with Crippen molar-refractivity contribution in [2.75, 3.05) is 0 Å². The highest BCUT2D eigenvalue weighted by atomic mass is 28.4. The minimum atomic E-state index is -1.92. The summed E-state index contributed by atoms with van der Waals surface area (Å²) < 4.78 is 6.63. The summed E-state index contributed by atoms with van der Waals surface area (Å²) >= 11 is 0. The van der Waals surface area contributed by atoms with Crippen molar-refractivity contribution in [1.82, 2.24) is 0 Å². The fourth-order valence-corrected chi connectivity index (χ4v) is 4.62. The van der Waals surface area contributed by atoms with Gasteiger partial charge in [-0.25, -0.2) is 0 Å². The first-order valence-electron chi connectivity index (χ1n) is 9.37. The molecule has 1 N–H and O–H groups in total. The second-order valence-electron chi connectivity index (χ2n) is 8.79. The summed E-state index contributed by atoms with van der Waals surface area (Å²) in [6, 6.07) is 20.1. The van der Waals surface area contributed by atoms with Crippen LogP contribution in [0.25, 0.3) is 5.57 Å².